The van der Waals surface area contributed by atoms with Crippen LogP contribution in [0.5, 0.6) is 17.2 Å². The van der Waals surface area contributed by atoms with Crippen molar-refractivity contribution in [2.45, 2.75) is 6.92 Å². The number of rotatable bonds is 3. The SMILES string of the molecule is Cc1nc2ccc(Oc3ccc4c(Cl)nc(C(=O)O)c(O)c4c3)cc2s1. The standard InChI is InChI=1S/C18H11ClN2O4S/c1-8-20-13-5-3-10(7-14(13)26-8)25-9-2-4-11-12(6-9)16(22)15(18(23)24)21-17(11)19/h2-7,22H,1H3,(H,23,24). The van der Waals surface area contributed by atoms with Crippen molar-refractivity contribution < 1.29 is 19.7 Å². The van der Waals surface area contributed by atoms with Gasteiger partial charge in [0.2, 0.25) is 0 Å². The Kier molecular flexibility index (Phi) is 3.90. The number of carbonyl (C=O) groups is 1. The van der Waals surface area contributed by atoms with Gasteiger partial charge in [0.15, 0.2) is 11.4 Å². The fourth-order valence-corrected chi connectivity index (χ4v) is 3.78. The molecule has 0 fully saturated rings. The van der Waals surface area contributed by atoms with Crippen LogP contribution in [0.25, 0.3) is 21.0 Å². The van der Waals surface area contributed by atoms with Gasteiger partial charge >= 0.3 is 5.97 Å². The number of benzene rings is 2. The summed E-state index contributed by atoms with van der Waals surface area (Å²) in [5.74, 6) is -0.759. The van der Waals surface area contributed by atoms with E-state index in [4.69, 9.17) is 21.4 Å². The van der Waals surface area contributed by atoms with Crippen LogP contribution in [0.3, 0.4) is 0 Å². The third kappa shape index (κ3) is 2.81. The number of hydrogen-bond acceptors (Lipinski definition) is 6. The van der Waals surface area contributed by atoms with Crippen LogP contribution in [0, 0.1) is 6.92 Å². The van der Waals surface area contributed by atoms with Gasteiger partial charge in [-0.25, -0.2) is 14.8 Å². The Morgan fingerprint density at radius 3 is 2.62 bits per heavy atom. The molecule has 8 heteroatoms. The average Bonchev–Trinajstić information content (AvgIpc) is 2.97. The van der Waals surface area contributed by atoms with Gasteiger partial charge in [0.05, 0.1) is 15.2 Å². The van der Waals surface area contributed by atoms with E-state index in [1.54, 1.807) is 29.5 Å². The van der Waals surface area contributed by atoms with Gasteiger partial charge in [0.25, 0.3) is 0 Å². The van der Waals surface area contributed by atoms with E-state index in [1.165, 1.54) is 6.07 Å². The molecule has 0 saturated heterocycles. The lowest BCUT2D eigenvalue weighted by molar-refractivity contribution is 0.0687. The molecule has 26 heavy (non-hydrogen) atoms. The number of aromatic hydroxyl groups is 1. The summed E-state index contributed by atoms with van der Waals surface area (Å²) in [5, 5.41) is 21.0. The number of pyridine rings is 1. The fraction of sp³-hybridized carbons (Fsp3) is 0.0556. The highest BCUT2D eigenvalue weighted by molar-refractivity contribution is 7.18. The summed E-state index contributed by atoms with van der Waals surface area (Å²) >= 11 is 7.59. The summed E-state index contributed by atoms with van der Waals surface area (Å²) in [6.07, 6.45) is 0. The maximum absolute atomic E-state index is 11.2. The molecule has 4 aromatic rings. The minimum Gasteiger partial charge on any atom is -0.505 e. The molecule has 0 saturated carbocycles. The van der Waals surface area contributed by atoms with Crippen LogP contribution in [0.15, 0.2) is 36.4 Å². The van der Waals surface area contributed by atoms with Gasteiger partial charge in [-0.2, -0.15) is 0 Å². The highest BCUT2D eigenvalue weighted by Crippen LogP contribution is 2.36. The molecule has 0 unspecified atom stereocenters. The van der Waals surface area contributed by atoms with E-state index in [0.29, 0.717) is 16.9 Å². The molecule has 130 valence electrons. The van der Waals surface area contributed by atoms with Crippen molar-refractivity contribution in [2.75, 3.05) is 0 Å². The van der Waals surface area contributed by atoms with Gasteiger partial charge in [-0.1, -0.05) is 11.6 Å². The smallest absolute Gasteiger partial charge is 0.358 e. The highest BCUT2D eigenvalue weighted by Gasteiger charge is 2.18. The Hall–Kier alpha value is -2.90. The van der Waals surface area contributed by atoms with E-state index in [2.05, 4.69) is 9.97 Å². The molecule has 2 heterocycles. The summed E-state index contributed by atoms with van der Waals surface area (Å²) in [5.41, 5.74) is 0.404. The molecule has 0 spiro atoms. The van der Waals surface area contributed by atoms with Crippen LogP contribution in [0.2, 0.25) is 5.15 Å². The molecule has 2 aromatic heterocycles. The second kappa shape index (κ2) is 6.12. The maximum Gasteiger partial charge on any atom is 0.358 e. The number of aryl methyl sites for hydroxylation is 1. The van der Waals surface area contributed by atoms with Crippen molar-refractivity contribution in [2.24, 2.45) is 0 Å². The molecule has 6 nitrogen and oxygen atoms in total. The number of hydrogen-bond donors (Lipinski definition) is 2. The lowest BCUT2D eigenvalue weighted by atomic mass is 10.1. The van der Waals surface area contributed by atoms with Crippen LogP contribution in [-0.2, 0) is 0 Å². The van der Waals surface area contributed by atoms with Gasteiger partial charge in [-0.15, -0.1) is 11.3 Å². The summed E-state index contributed by atoms with van der Waals surface area (Å²) in [7, 11) is 0. The predicted octanol–water partition coefficient (Wildman–Crippen LogP) is 5.00. The number of ether oxygens (including phenoxy) is 1. The summed E-state index contributed by atoms with van der Waals surface area (Å²) in [4.78, 5) is 19.3. The Balaban J connectivity index is 1.78. The van der Waals surface area contributed by atoms with Crippen LogP contribution in [0.4, 0.5) is 0 Å². The van der Waals surface area contributed by atoms with E-state index < -0.39 is 17.4 Å². The number of aromatic nitrogens is 2. The number of aromatic carboxylic acids is 1. The predicted molar refractivity (Wildman–Crippen MR) is 99.8 cm³/mol. The zero-order chi connectivity index (χ0) is 18.4. The zero-order valence-electron chi connectivity index (χ0n) is 13.4. The minimum atomic E-state index is -1.36. The first-order chi connectivity index (χ1) is 12.4. The number of nitrogens with zero attached hydrogens (tertiary/aromatic N) is 2. The number of carboxylic acid groups (broad SMARTS) is 1. The molecule has 0 radical (unpaired) electrons. The van der Waals surface area contributed by atoms with Crippen molar-refractivity contribution in [1.29, 1.82) is 0 Å². The van der Waals surface area contributed by atoms with Crippen LogP contribution in [0.1, 0.15) is 15.5 Å². The Morgan fingerprint density at radius 1 is 1.12 bits per heavy atom. The Bertz CT molecular complexity index is 1190. The van der Waals surface area contributed by atoms with Crippen molar-refractivity contribution in [3.05, 3.63) is 52.3 Å². The van der Waals surface area contributed by atoms with Gasteiger partial charge in [0.1, 0.15) is 16.7 Å². The van der Waals surface area contributed by atoms with Crippen molar-refractivity contribution in [3.63, 3.8) is 0 Å². The third-order valence-electron chi connectivity index (χ3n) is 3.81. The Morgan fingerprint density at radius 2 is 1.85 bits per heavy atom. The second-order valence-electron chi connectivity index (χ2n) is 5.58. The van der Waals surface area contributed by atoms with Crippen molar-refractivity contribution >= 4 is 49.9 Å². The third-order valence-corrected chi connectivity index (χ3v) is 5.03. The van der Waals surface area contributed by atoms with Gasteiger partial charge in [-0.05, 0) is 37.3 Å². The molecule has 0 aliphatic rings. The van der Waals surface area contributed by atoms with Gasteiger partial charge < -0.3 is 14.9 Å². The summed E-state index contributed by atoms with van der Waals surface area (Å²) < 4.78 is 6.86. The lowest BCUT2D eigenvalue weighted by Crippen LogP contribution is -2.01. The van der Waals surface area contributed by atoms with Crippen LogP contribution >= 0.6 is 22.9 Å². The van der Waals surface area contributed by atoms with E-state index in [-0.39, 0.29) is 10.5 Å². The number of fused-ring (bicyclic) bond motifs is 2. The fourth-order valence-electron chi connectivity index (χ4n) is 2.67. The largest absolute Gasteiger partial charge is 0.505 e. The summed E-state index contributed by atoms with van der Waals surface area (Å²) in [6, 6.07) is 10.4. The van der Waals surface area contributed by atoms with Crippen LogP contribution in [-0.4, -0.2) is 26.2 Å². The lowest BCUT2D eigenvalue weighted by Gasteiger charge is -2.10. The molecular weight excluding hydrogens is 376 g/mol. The Labute approximate surface area is 156 Å². The molecule has 2 N–H and O–H groups in total. The first-order valence-electron chi connectivity index (χ1n) is 7.53. The monoisotopic (exact) mass is 386 g/mol. The minimum absolute atomic E-state index is 0.00306. The number of thiazole rings is 1. The molecule has 0 aliphatic heterocycles. The molecule has 0 bridgehead atoms. The quantitative estimate of drug-likeness (QED) is 0.481. The number of carboxylic acids is 1. The molecular formula is C18H11ClN2O4S. The first kappa shape index (κ1) is 16.6. The van der Waals surface area contributed by atoms with Crippen molar-refractivity contribution in [3.8, 4) is 17.2 Å². The van der Waals surface area contributed by atoms with Crippen LogP contribution < -0.4 is 4.74 Å². The summed E-state index contributed by atoms with van der Waals surface area (Å²) in [6.45, 7) is 1.94. The average molecular weight is 387 g/mol. The second-order valence-corrected chi connectivity index (χ2v) is 7.17. The topological polar surface area (TPSA) is 92.5 Å². The molecule has 0 atom stereocenters. The van der Waals surface area contributed by atoms with E-state index in [0.717, 1.165) is 15.2 Å². The van der Waals surface area contributed by atoms with E-state index in [9.17, 15) is 9.90 Å². The molecule has 0 aliphatic carbocycles. The molecule has 4 rings (SSSR count). The first-order valence-corrected chi connectivity index (χ1v) is 8.72. The molecule has 2 aromatic carbocycles. The van der Waals surface area contributed by atoms with Gasteiger partial charge in [0, 0.05) is 16.8 Å². The van der Waals surface area contributed by atoms with E-state index >= 15 is 0 Å². The van der Waals surface area contributed by atoms with E-state index in [1.807, 2.05) is 19.1 Å². The normalized spacial score (nSPS) is 11.2. The highest BCUT2D eigenvalue weighted by atomic mass is 35.5. The number of halogens is 1. The zero-order valence-corrected chi connectivity index (χ0v) is 14.9. The van der Waals surface area contributed by atoms with Crippen molar-refractivity contribution in [1.82, 2.24) is 9.97 Å². The maximum atomic E-state index is 11.2. The molecule has 0 amide bonds. The van der Waals surface area contributed by atoms with Gasteiger partial charge in [-0.3, -0.25) is 0 Å².